The van der Waals surface area contributed by atoms with Gasteiger partial charge >= 0.3 is 6.03 Å². The molecule has 2 fully saturated rings. The summed E-state index contributed by atoms with van der Waals surface area (Å²) in [7, 11) is 1.59. The number of urea groups is 1. The molecule has 0 radical (unpaired) electrons. The maximum Gasteiger partial charge on any atom is 0.322 e. The van der Waals surface area contributed by atoms with E-state index in [4.69, 9.17) is 4.74 Å². The number of nitrogens with zero attached hydrogens (tertiary/aromatic N) is 1. The van der Waals surface area contributed by atoms with Gasteiger partial charge in [-0.25, -0.2) is 4.79 Å². The number of hydrogen-bond acceptors (Lipinski definition) is 3. The zero-order valence-electron chi connectivity index (χ0n) is 16.6. The zero-order chi connectivity index (χ0) is 20.2. The average Bonchev–Trinajstić information content (AvgIpc) is 2.73. The number of carbonyl (C=O) groups is 2. The summed E-state index contributed by atoms with van der Waals surface area (Å²) in [6.07, 6.45) is 4.65. The number of methoxy groups -OCH3 is 1. The fourth-order valence-electron chi connectivity index (χ4n) is 4.57. The number of fused-ring (bicyclic) bond motifs is 2. The second kappa shape index (κ2) is 8.55. The molecule has 0 aromatic heterocycles. The molecular weight excluding hydrogens is 366 g/mol. The van der Waals surface area contributed by atoms with Crippen molar-refractivity contribution in [1.82, 2.24) is 10.2 Å². The molecule has 152 valence electrons. The predicted octanol–water partition coefficient (Wildman–Crippen LogP) is 4.04. The van der Waals surface area contributed by atoms with Crippen LogP contribution < -0.4 is 15.4 Å². The molecule has 2 atom stereocenters. The Kier molecular flexibility index (Phi) is 5.69. The van der Waals surface area contributed by atoms with Gasteiger partial charge in [0, 0.05) is 29.4 Å². The third-order valence-corrected chi connectivity index (χ3v) is 5.90. The predicted molar refractivity (Wildman–Crippen MR) is 112 cm³/mol. The first-order valence-electron chi connectivity index (χ1n) is 10.2. The Bertz CT molecular complexity index is 857. The van der Waals surface area contributed by atoms with E-state index in [0.29, 0.717) is 11.3 Å². The second-order valence-electron chi connectivity index (χ2n) is 7.82. The minimum atomic E-state index is -0.0887. The number of benzene rings is 2. The Morgan fingerprint density at radius 2 is 1.72 bits per heavy atom. The zero-order valence-corrected chi connectivity index (χ0v) is 16.6. The normalized spacial score (nSPS) is 23.2. The topological polar surface area (TPSA) is 70.7 Å². The number of amides is 3. The van der Waals surface area contributed by atoms with Crippen molar-refractivity contribution in [2.75, 3.05) is 12.4 Å². The first-order valence-corrected chi connectivity index (χ1v) is 10.2. The van der Waals surface area contributed by atoms with E-state index >= 15 is 0 Å². The lowest BCUT2D eigenvalue weighted by Gasteiger charge is -2.48. The SMILES string of the molecule is COc1cccc(C(=O)NC2CC3CCCC(C2)N3C(=O)Nc2ccccc2)c1. The molecule has 2 aromatic rings. The summed E-state index contributed by atoms with van der Waals surface area (Å²) < 4.78 is 5.21. The molecule has 3 amide bonds. The van der Waals surface area contributed by atoms with Crippen LogP contribution in [0.15, 0.2) is 54.6 Å². The maximum absolute atomic E-state index is 12.9. The Balaban J connectivity index is 1.41. The number of carbonyl (C=O) groups excluding carboxylic acids is 2. The number of nitrogens with one attached hydrogen (secondary N) is 2. The maximum atomic E-state index is 12.9. The minimum Gasteiger partial charge on any atom is -0.497 e. The van der Waals surface area contributed by atoms with Crippen LogP contribution in [0.2, 0.25) is 0 Å². The lowest BCUT2D eigenvalue weighted by atomic mass is 9.82. The smallest absolute Gasteiger partial charge is 0.322 e. The van der Waals surface area contributed by atoms with Crippen LogP contribution in [0.4, 0.5) is 10.5 Å². The van der Waals surface area contributed by atoms with Gasteiger partial charge in [0.25, 0.3) is 5.91 Å². The van der Waals surface area contributed by atoms with E-state index in [1.807, 2.05) is 47.4 Å². The van der Waals surface area contributed by atoms with E-state index in [-0.39, 0.29) is 30.1 Å². The van der Waals surface area contributed by atoms with Gasteiger partial charge in [0.1, 0.15) is 5.75 Å². The summed E-state index contributed by atoms with van der Waals surface area (Å²) in [4.78, 5) is 27.6. The van der Waals surface area contributed by atoms with Crippen LogP contribution in [0.5, 0.6) is 5.75 Å². The Labute approximate surface area is 171 Å². The highest BCUT2D eigenvalue weighted by atomic mass is 16.5. The Morgan fingerprint density at radius 1 is 1.00 bits per heavy atom. The van der Waals surface area contributed by atoms with Gasteiger partial charge in [0.15, 0.2) is 0 Å². The van der Waals surface area contributed by atoms with E-state index in [2.05, 4.69) is 10.6 Å². The van der Waals surface area contributed by atoms with E-state index < -0.39 is 0 Å². The van der Waals surface area contributed by atoms with Crippen molar-refractivity contribution in [3.63, 3.8) is 0 Å². The molecule has 2 N–H and O–H groups in total. The van der Waals surface area contributed by atoms with Gasteiger partial charge < -0.3 is 20.3 Å². The fourth-order valence-corrected chi connectivity index (χ4v) is 4.57. The number of para-hydroxylation sites is 1. The molecule has 2 unspecified atom stereocenters. The summed E-state index contributed by atoms with van der Waals surface area (Å²) in [5, 5.41) is 6.19. The van der Waals surface area contributed by atoms with E-state index in [1.165, 1.54) is 0 Å². The van der Waals surface area contributed by atoms with E-state index in [1.54, 1.807) is 19.2 Å². The first-order chi connectivity index (χ1) is 14.1. The van der Waals surface area contributed by atoms with Gasteiger partial charge in [-0.05, 0) is 62.4 Å². The summed E-state index contributed by atoms with van der Waals surface area (Å²) in [5.41, 5.74) is 1.41. The number of rotatable bonds is 4. The molecule has 2 saturated heterocycles. The van der Waals surface area contributed by atoms with Crippen molar-refractivity contribution in [2.45, 2.75) is 50.2 Å². The number of piperidine rings is 2. The quantitative estimate of drug-likeness (QED) is 0.823. The monoisotopic (exact) mass is 393 g/mol. The molecular formula is C23H27N3O3. The lowest BCUT2D eigenvalue weighted by molar-refractivity contribution is 0.0577. The molecule has 0 aliphatic carbocycles. The van der Waals surface area contributed by atoms with Crippen LogP contribution in [0.25, 0.3) is 0 Å². The molecule has 2 aliphatic rings. The first kappa shape index (κ1) is 19.3. The summed E-state index contributed by atoms with van der Waals surface area (Å²) in [6.45, 7) is 0. The highest BCUT2D eigenvalue weighted by Gasteiger charge is 2.41. The molecule has 4 rings (SSSR count). The number of hydrogen-bond donors (Lipinski definition) is 2. The van der Waals surface area contributed by atoms with Crippen molar-refractivity contribution in [1.29, 1.82) is 0 Å². The Hall–Kier alpha value is -3.02. The largest absolute Gasteiger partial charge is 0.497 e. The van der Waals surface area contributed by atoms with Gasteiger partial charge in [-0.3, -0.25) is 4.79 Å². The molecule has 2 heterocycles. The highest BCUT2D eigenvalue weighted by Crippen LogP contribution is 2.34. The van der Waals surface area contributed by atoms with Gasteiger partial charge in [0.2, 0.25) is 0 Å². The van der Waals surface area contributed by atoms with Crippen LogP contribution in [0.1, 0.15) is 42.5 Å². The van der Waals surface area contributed by atoms with Gasteiger partial charge in [-0.2, -0.15) is 0 Å². The molecule has 0 spiro atoms. The summed E-state index contributed by atoms with van der Waals surface area (Å²) >= 11 is 0. The fraction of sp³-hybridized carbons (Fsp3) is 0.391. The molecule has 6 nitrogen and oxygen atoms in total. The van der Waals surface area contributed by atoms with Gasteiger partial charge in [-0.15, -0.1) is 0 Å². The van der Waals surface area contributed by atoms with Crippen molar-refractivity contribution in [3.8, 4) is 5.75 Å². The summed E-state index contributed by atoms with van der Waals surface area (Å²) in [6, 6.07) is 17.1. The second-order valence-corrected chi connectivity index (χ2v) is 7.82. The highest BCUT2D eigenvalue weighted by molar-refractivity contribution is 5.95. The van der Waals surface area contributed by atoms with Crippen LogP contribution in [-0.4, -0.2) is 42.1 Å². The van der Waals surface area contributed by atoms with Crippen molar-refractivity contribution >= 4 is 17.6 Å². The van der Waals surface area contributed by atoms with Crippen LogP contribution in [-0.2, 0) is 0 Å². The van der Waals surface area contributed by atoms with E-state index in [0.717, 1.165) is 37.8 Å². The molecule has 29 heavy (non-hydrogen) atoms. The van der Waals surface area contributed by atoms with E-state index in [9.17, 15) is 9.59 Å². The molecule has 0 saturated carbocycles. The third-order valence-electron chi connectivity index (χ3n) is 5.90. The average molecular weight is 393 g/mol. The standard InChI is InChI=1S/C23H27N3O3/c1-29-21-12-5-7-16(13-21)22(27)24-18-14-19-10-6-11-20(15-18)26(19)23(28)25-17-8-3-2-4-9-17/h2-5,7-9,12-13,18-20H,6,10-11,14-15H2,1H3,(H,24,27)(H,25,28). The van der Waals surface area contributed by atoms with Crippen LogP contribution >= 0.6 is 0 Å². The number of ether oxygens (including phenoxy) is 1. The number of anilines is 1. The molecule has 6 heteroatoms. The Morgan fingerprint density at radius 3 is 2.41 bits per heavy atom. The van der Waals surface area contributed by atoms with Crippen molar-refractivity contribution < 1.29 is 14.3 Å². The van der Waals surface area contributed by atoms with Crippen LogP contribution in [0.3, 0.4) is 0 Å². The van der Waals surface area contributed by atoms with Gasteiger partial charge in [-0.1, -0.05) is 24.3 Å². The summed E-state index contributed by atoms with van der Waals surface area (Å²) in [5.74, 6) is 0.580. The van der Waals surface area contributed by atoms with Crippen molar-refractivity contribution in [3.05, 3.63) is 60.2 Å². The molecule has 2 bridgehead atoms. The van der Waals surface area contributed by atoms with Crippen molar-refractivity contribution in [2.24, 2.45) is 0 Å². The molecule has 2 aromatic carbocycles. The van der Waals surface area contributed by atoms with Gasteiger partial charge in [0.05, 0.1) is 7.11 Å². The molecule has 2 aliphatic heterocycles. The minimum absolute atomic E-state index is 0.0385. The van der Waals surface area contributed by atoms with Crippen LogP contribution in [0, 0.1) is 0 Å². The lowest BCUT2D eigenvalue weighted by Crippen LogP contribution is -2.59. The third kappa shape index (κ3) is 4.36.